The quantitative estimate of drug-likeness (QED) is 0.673. The van der Waals surface area contributed by atoms with Crippen molar-refractivity contribution in [1.29, 1.82) is 0 Å². The number of carbonyl (C=O) groups is 1. The number of amides is 1. The fraction of sp³-hybridized carbons (Fsp3) is 0.375. The third kappa shape index (κ3) is 3.76. The molecule has 0 radical (unpaired) electrons. The maximum atomic E-state index is 13.5. The normalized spacial score (nSPS) is 15.2. The summed E-state index contributed by atoms with van der Waals surface area (Å²) in [4.78, 5) is 24.6. The third-order valence-corrected chi connectivity index (χ3v) is 4.22. The second kappa shape index (κ2) is 6.88. The Morgan fingerprint density at radius 2 is 2.12 bits per heavy atom. The van der Waals surface area contributed by atoms with Crippen LogP contribution in [0.25, 0.3) is 0 Å². The van der Waals surface area contributed by atoms with Crippen LogP contribution in [0.2, 0.25) is 0 Å². The molecule has 1 aromatic carbocycles. The van der Waals surface area contributed by atoms with Crippen LogP contribution in [0.5, 0.6) is 0 Å². The molecule has 132 valence electrons. The molecule has 1 fully saturated rings. The Morgan fingerprint density at radius 3 is 2.72 bits per heavy atom. The molecule has 3 rings (SSSR count). The van der Waals surface area contributed by atoms with E-state index in [1.165, 1.54) is 0 Å². The van der Waals surface area contributed by atoms with Gasteiger partial charge in [-0.1, -0.05) is 5.16 Å². The SMILES string of the molecule is Cc1cc(NC(=O)C2CCN(c3cc(F)ccc3[N+](=O)[O-])CC2)no1. The number of halogens is 1. The molecule has 2 heterocycles. The molecule has 1 saturated heterocycles. The zero-order valence-electron chi connectivity index (χ0n) is 13.6. The molecule has 1 aliphatic rings. The number of rotatable bonds is 4. The molecule has 0 atom stereocenters. The summed E-state index contributed by atoms with van der Waals surface area (Å²) in [6.45, 7) is 2.59. The molecule has 1 amide bonds. The lowest BCUT2D eigenvalue weighted by Crippen LogP contribution is -2.38. The average Bonchev–Trinajstić information content (AvgIpc) is 2.99. The second-order valence-electron chi connectivity index (χ2n) is 5.96. The molecule has 0 spiro atoms. The standard InChI is InChI=1S/C16H17FN4O4/c1-10-8-15(19-25-10)18-16(22)11-4-6-20(7-5-11)14-9-12(17)2-3-13(14)21(23)24/h2-3,8-9,11H,4-7H2,1H3,(H,18,19,22). The van der Waals surface area contributed by atoms with Crippen LogP contribution in [0.1, 0.15) is 18.6 Å². The molecular weight excluding hydrogens is 331 g/mol. The number of nitro benzene ring substituents is 1. The summed E-state index contributed by atoms with van der Waals surface area (Å²) >= 11 is 0. The van der Waals surface area contributed by atoms with E-state index in [2.05, 4.69) is 10.5 Å². The molecule has 9 heteroatoms. The summed E-state index contributed by atoms with van der Waals surface area (Å²) < 4.78 is 18.4. The van der Waals surface area contributed by atoms with Crippen LogP contribution < -0.4 is 10.2 Å². The van der Waals surface area contributed by atoms with E-state index < -0.39 is 10.7 Å². The number of nitrogens with one attached hydrogen (secondary N) is 1. The molecule has 0 aliphatic carbocycles. The van der Waals surface area contributed by atoms with Gasteiger partial charge in [-0.15, -0.1) is 0 Å². The number of benzene rings is 1. The Balaban J connectivity index is 1.65. The summed E-state index contributed by atoms with van der Waals surface area (Å²) in [7, 11) is 0. The minimum atomic E-state index is -0.527. The van der Waals surface area contributed by atoms with Crippen molar-refractivity contribution in [3.63, 3.8) is 0 Å². The van der Waals surface area contributed by atoms with Gasteiger partial charge in [-0.25, -0.2) is 4.39 Å². The number of anilines is 2. The molecule has 8 nitrogen and oxygen atoms in total. The Kier molecular flexibility index (Phi) is 4.64. The number of piperidine rings is 1. The molecule has 25 heavy (non-hydrogen) atoms. The van der Waals surface area contributed by atoms with E-state index in [4.69, 9.17) is 4.52 Å². The van der Waals surface area contributed by atoms with Gasteiger partial charge in [-0.05, 0) is 25.8 Å². The fourth-order valence-corrected chi connectivity index (χ4v) is 2.94. The summed E-state index contributed by atoms with van der Waals surface area (Å²) in [6.07, 6.45) is 1.02. The number of carbonyl (C=O) groups excluding carboxylic acids is 1. The van der Waals surface area contributed by atoms with Crippen molar-refractivity contribution >= 4 is 23.1 Å². The molecule has 1 aliphatic heterocycles. The number of nitro groups is 1. The van der Waals surface area contributed by atoms with Gasteiger partial charge in [0.2, 0.25) is 5.91 Å². The van der Waals surface area contributed by atoms with Gasteiger partial charge in [0.15, 0.2) is 5.82 Å². The highest BCUT2D eigenvalue weighted by molar-refractivity contribution is 5.91. The summed E-state index contributed by atoms with van der Waals surface area (Å²) in [5.41, 5.74) is 0.110. The average molecular weight is 348 g/mol. The predicted octanol–water partition coefficient (Wildman–Crippen LogP) is 2.89. The predicted molar refractivity (Wildman–Crippen MR) is 87.9 cm³/mol. The fourth-order valence-electron chi connectivity index (χ4n) is 2.94. The number of hydrogen-bond donors (Lipinski definition) is 1. The van der Waals surface area contributed by atoms with Gasteiger partial charge in [0, 0.05) is 37.2 Å². The summed E-state index contributed by atoms with van der Waals surface area (Å²) in [6, 6.07) is 5.03. The smallest absolute Gasteiger partial charge is 0.292 e. The Morgan fingerprint density at radius 1 is 1.40 bits per heavy atom. The van der Waals surface area contributed by atoms with Crippen LogP contribution in [0.15, 0.2) is 28.8 Å². The first-order valence-corrected chi connectivity index (χ1v) is 7.87. The van der Waals surface area contributed by atoms with E-state index in [9.17, 15) is 19.3 Å². The van der Waals surface area contributed by atoms with Crippen LogP contribution in [-0.2, 0) is 4.79 Å². The van der Waals surface area contributed by atoms with Crippen molar-refractivity contribution in [3.8, 4) is 0 Å². The lowest BCUT2D eigenvalue weighted by Gasteiger charge is -2.32. The lowest BCUT2D eigenvalue weighted by molar-refractivity contribution is -0.384. The summed E-state index contributed by atoms with van der Waals surface area (Å²) in [5.74, 6) is 0.0404. The van der Waals surface area contributed by atoms with Crippen molar-refractivity contribution in [2.45, 2.75) is 19.8 Å². The van der Waals surface area contributed by atoms with Crippen LogP contribution in [0.4, 0.5) is 21.6 Å². The topological polar surface area (TPSA) is 102 Å². The van der Waals surface area contributed by atoms with E-state index in [0.717, 1.165) is 18.2 Å². The van der Waals surface area contributed by atoms with E-state index in [1.54, 1.807) is 17.9 Å². The molecule has 1 aromatic heterocycles. The molecule has 2 aromatic rings. The van der Waals surface area contributed by atoms with Crippen LogP contribution in [-0.4, -0.2) is 29.1 Å². The maximum absolute atomic E-state index is 13.5. The minimum absolute atomic E-state index is 0.137. The molecule has 0 bridgehead atoms. The number of aryl methyl sites for hydroxylation is 1. The van der Waals surface area contributed by atoms with Crippen LogP contribution >= 0.6 is 0 Å². The first kappa shape index (κ1) is 16.9. The first-order chi connectivity index (χ1) is 11.9. The monoisotopic (exact) mass is 348 g/mol. The summed E-state index contributed by atoms with van der Waals surface area (Å²) in [5, 5.41) is 17.5. The van der Waals surface area contributed by atoms with Gasteiger partial charge < -0.3 is 14.7 Å². The van der Waals surface area contributed by atoms with E-state index >= 15 is 0 Å². The number of aromatic nitrogens is 1. The maximum Gasteiger partial charge on any atom is 0.292 e. The molecule has 0 unspecified atom stereocenters. The van der Waals surface area contributed by atoms with Crippen molar-refractivity contribution in [1.82, 2.24) is 5.16 Å². The van der Waals surface area contributed by atoms with E-state index in [0.29, 0.717) is 37.5 Å². The largest absolute Gasteiger partial charge is 0.366 e. The van der Waals surface area contributed by atoms with Gasteiger partial charge in [0.1, 0.15) is 17.3 Å². The van der Waals surface area contributed by atoms with E-state index in [1.807, 2.05) is 0 Å². The Bertz CT molecular complexity index is 799. The van der Waals surface area contributed by atoms with E-state index in [-0.39, 0.29) is 23.2 Å². The van der Waals surface area contributed by atoms with Crippen LogP contribution in [0.3, 0.4) is 0 Å². The third-order valence-electron chi connectivity index (χ3n) is 4.22. The zero-order chi connectivity index (χ0) is 18.0. The van der Waals surface area contributed by atoms with Gasteiger partial charge in [0.05, 0.1) is 4.92 Å². The van der Waals surface area contributed by atoms with Crippen molar-refractivity contribution in [2.24, 2.45) is 5.92 Å². The Hall–Kier alpha value is -2.97. The van der Waals surface area contributed by atoms with Gasteiger partial charge in [0.25, 0.3) is 5.69 Å². The van der Waals surface area contributed by atoms with Gasteiger partial charge in [-0.3, -0.25) is 14.9 Å². The molecule has 1 N–H and O–H groups in total. The van der Waals surface area contributed by atoms with Crippen LogP contribution in [0, 0.1) is 28.8 Å². The Labute approximate surface area is 142 Å². The van der Waals surface area contributed by atoms with Crippen molar-refractivity contribution in [3.05, 3.63) is 46.0 Å². The molecule has 0 saturated carbocycles. The highest BCUT2D eigenvalue weighted by Gasteiger charge is 2.29. The number of hydrogen-bond acceptors (Lipinski definition) is 6. The van der Waals surface area contributed by atoms with Gasteiger partial charge >= 0.3 is 0 Å². The van der Waals surface area contributed by atoms with Crippen molar-refractivity contribution < 1.29 is 18.6 Å². The van der Waals surface area contributed by atoms with Gasteiger partial charge in [-0.2, -0.15) is 0 Å². The second-order valence-corrected chi connectivity index (χ2v) is 5.96. The lowest BCUT2D eigenvalue weighted by atomic mass is 9.95. The highest BCUT2D eigenvalue weighted by atomic mass is 19.1. The highest BCUT2D eigenvalue weighted by Crippen LogP contribution is 2.32. The molecular formula is C16H17FN4O4. The minimum Gasteiger partial charge on any atom is -0.366 e. The number of nitrogens with zero attached hydrogens (tertiary/aromatic N) is 3. The van der Waals surface area contributed by atoms with Crippen molar-refractivity contribution in [2.75, 3.05) is 23.3 Å². The zero-order valence-corrected chi connectivity index (χ0v) is 13.6. The first-order valence-electron chi connectivity index (χ1n) is 7.87.